The number of nitrogens with one attached hydrogen (secondary N) is 4. The second-order valence-corrected chi connectivity index (χ2v) is 18.4. The zero-order chi connectivity index (χ0) is 52.0. The number of carbonyl (C=O) groups excluding carboxylic acids is 4. The van der Waals surface area contributed by atoms with Gasteiger partial charge < -0.3 is 47.6 Å². The number of hydrogen-bond acceptors (Lipinski definition) is 13. The Hall–Kier alpha value is -8.50. The molecule has 2 aromatic heterocycles. The molecule has 0 spiro atoms. The van der Waals surface area contributed by atoms with Crippen LogP contribution in [0.3, 0.4) is 0 Å². The van der Waals surface area contributed by atoms with E-state index in [4.69, 9.17) is 17.2 Å². The molecule has 0 aliphatic carbocycles. The van der Waals surface area contributed by atoms with E-state index in [2.05, 4.69) is 21.3 Å². The minimum atomic E-state index is -4.27. The molecule has 0 saturated heterocycles. The molecule has 0 atom stereocenters. The molecule has 5 aromatic carbocycles. The molecule has 0 saturated carbocycles. The third kappa shape index (κ3) is 15.5. The summed E-state index contributed by atoms with van der Waals surface area (Å²) in [6.07, 6.45) is 7.43. The maximum absolute atomic E-state index is 13.1. The molecule has 2 heterocycles. The van der Waals surface area contributed by atoms with Gasteiger partial charge in [-0.05, 0) is 119 Å². The number of anilines is 7. The lowest BCUT2D eigenvalue weighted by Gasteiger charge is -2.13. The molecule has 7 rings (SSSR count). The number of rotatable bonds is 12. The first-order valence-electron chi connectivity index (χ1n) is 21.5. The molecule has 0 aliphatic heterocycles. The standard InChI is InChI=1S/C36H35N9O4.2C7H8O3S/c1-3-44-15-5-7-25(20-44)40-33(46)23-10-13-31(29(38)18-23)42-35(48)22-9-12-27(28(37)17-22)36(49)43-32-14-11-24(19-30(32)39)34(47)41-26-8-6-16-45(4-2)21-26;2*1-6-2-4-7(5-3-6)11(8,9)10/h5-21H,3-4H2,1-2H3,(H8-2,37,38,39,40,41,42,43,46,47,48,49);2*2-5H,1H3,(H,8,9,10). The van der Waals surface area contributed by atoms with Crippen molar-refractivity contribution in [3.63, 3.8) is 0 Å². The molecule has 71 heavy (non-hydrogen) atoms. The Kier molecular flexibility index (Phi) is 17.8. The van der Waals surface area contributed by atoms with Crippen molar-refractivity contribution in [2.24, 2.45) is 0 Å². The molecule has 19 nitrogen and oxygen atoms in total. The van der Waals surface area contributed by atoms with Crippen LogP contribution in [0, 0.1) is 13.8 Å². The van der Waals surface area contributed by atoms with Gasteiger partial charge in [0.2, 0.25) is 0 Å². The molecule has 0 radical (unpaired) electrons. The first-order chi connectivity index (χ1) is 33.5. The summed E-state index contributed by atoms with van der Waals surface area (Å²) in [6.45, 7) is 9.15. The van der Waals surface area contributed by atoms with Gasteiger partial charge in [0.15, 0.2) is 24.8 Å². The van der Waals surface area contributed by atoms with E-state index in [1.807, 2.05) is 73.7 Å². The average Bonchev–Trinajstić information content (AvgIpc) is 3.32. The van der Waals surface area contributed by atoms with Crippen LogP contribution in [0.1, 0.15) is 66.4 Å². The summed E-state index contributed by atoms with van der Waals surface area (Å²) < 4.78 is 66.2. The van der Waals surface area contributed by atoms with Crippen LogP contribution in [0.5, 0.6) is 0 Å². The third-order valence-corrected chi connectivity index (χ3v) is 12.0. The highest BCUT2D eigenvalue weighted by atomic mass is 32.2. The van der Waals surface area contributed by atoms with Crippen LogP contribution in [0.2, 0.25) is 0 Å². The van der Waals surface area contributed by atoms with E-state index in [0.717, 1.165) is 24.2 Å². The maximum Gasteiger partial charge on any atom is 0.257 e. The Balaban J connectivity index is 0.000000347. The Labute approximate surface area is 410 Å². The highest BCUT2D eigenvalue weighted by Gasteiger charge is 2.18. The van der Waals surface area contributed by atoms with Crippen LogP contribution in [0.25, 0.3) is 0 Å². The van der Waals surface area contributed by atoms with Gasteiger partial charge in [-0.3, -0.25) is 19.2 Å². The molecule has 0 fully saturated rings. The fraction of sp³-hybridized carbons (Fsp3) is 0.120. The van der Waals surface area contributed by atoms with Crippen molar-refractivity contribution in [1.82, 2.24) is 0 Å². The largest absolute Gasteiger partial charge is 0.744 e. The SMILES string of the molecule is CC[n+]1cccc(NC(=O)c2ccc(NC(=O)c3ccc(C(=O)Nc4ccc(C(=O)Nc5ccc[n+](CC)c5)cc4N)c(N)c3)c(N)c2)c1.Cc1ccc(S(=O)(=O)[O-])cc1.Cc1ccc(S(=O)(=O)[O-])cc1. The normalized spacial score (nSPS) is 10.8. The smallest absolute Gasteiger partial charge is 0.257 e. The highest BCUT2D eigenvalue weighted by Crippen LogP contribution is 2.25. The monoisotopic (exact) mass is 1000 g/mol. The van der Waals surface area contributed by atoms with Gasteiger partial charge in [-0.25, -0.2) is 26.0 Å². The number of amides is 4. The van der Waals surface area contributed by atoms with Gasteiger partial charge in [0.05, 0.1) is 38.1 Å². The lowest BCUT2D eigenvalue weighted by molar-refractivity contribution is -0.693. The predicted octanol–water partition coefficient (Wildman–Crippen LogP) is 5.86. The van der Waals surface area contributed by atoms with Crippen molar-refractivity contribution in [2.45, 2.75) is 50.6 Å². The molecule has 4 amide bonds. The molecular weight excluding hydrogens is 951 g/mol. The number of aromatic nitrogens is 2. The number of nitrogens with zero attached hydrogens (tertiary/aromatic N) is 2. The molecule has 0 unspecified atom stereocenters. The van der Waals surface area contributed by atoms with E-state index in [1.165, 1.54) is 66.7 Å². The number of pyridine rings is 2. The van der Waals surface area contributed by atoms with Crippen molar-refractivity contribution >= 4 is 83.7 Å². The number of nitrogens with two attached hydrogens (primary N) is 3. The molecule has 0 aliphatic rings. The van der Waals surface area contributed by atoms with Crippen molar-refractivity contribution < 1.29 is 54.3 Å². The zero-order valence-corrected chi connectivity index (χ0v) is 40.5. The van der Waals surface area contributed by atoms with Crippen LogP contribution < -0.4 is 47.6 Å². The average molecular weight is 1000 g/mol. The van der Waals surface area contributed by atoms with Gasteiger partial charge in [-0.1, -0.05) is 35.4 Å². The second-order valence-electron chi connectivity index (χ2n) is 15.6. The maximum atomic E-state index is 13.1. The van der Waals surface area contributed by atoms with Gasteiger partial charge >= 0.3 is 0 Å². The first kappa shape index (κ1) is 53.5. The van der Waals surface area contributed by atoms with Gasteiger partial charge in [-0.15, -0.1) is 0 Å². The molecule has 10 N–H and O–H groups in total. The Bertz CT molecular complexity index is 3240. The van der Waals surface area contributed by atoms with Gasteiger partial charge in [0.25, 0.3) is 23.6 Å². The minimum Gasteiger partial charge on any atom is -0.744 e. The van der Waals surface area contributed by atoms with E-state index in [0.29, 0.717) is 28.2 Å². The third-order valence-electron chi connectivity index (χ3n) is 10.3. The predicted molar refractivity (Wildman–Crippen MR) is 267 cm³/mol. The number of aryl methyl sites for hydroxylation is 4. The summed E-state index contributed by atoms with van der Waals surface area (Å²) in [5.41, 5.74) is 23.6. The topological polar surface area (TPSA) is 317 Å². The highest BCUT2D eigenvalue weighted by molar-refractivity contribution is 7.86. The minimum absolute atomic E-state index is 0.0530. The second kappa shape index (κ2) is 23.7. The Morgan fingerprint density at radius 3 is 1.18 bits per heavy atom. The van der Waals surface area contributed by atoms with Crippen molar-refractivity contribution in [2.75, 3.05) is 38.5 Å². The first-order valence-corrected chi connectivity index (χ1v) is 24.3. The zero-order valence-electron chi connectivity index (χ0n) is 38.9. The van der Waals surface area contributed by atoms with E-state index in [9.17, 15) is 45.1 Å². The molecule has 7 aromatic rings. The number of hydrogen-bond donors (Lipinski definition) is 7. The number of nitrogen functional groups attached to an aromatic ring is 3. The fourth-order valence-electron chi connectivity index (χ4n) is 6.33. The Morgan fingerprint density at radius 1 is 0.479 bits per heavy atom. The Morgan fingerprint density at radius 2 is 0.831 bits per heavy atom. The molecule has 368 valence electrons. The number of carbonyl (C=O) groups is 4. The lowest BCUT2D eigenvalue weighted by Crippen LogP contribution is -2.31. The number of benzene rings is 5. The van der Waals surface area contributed by atoms with E-state index >= 15 is 0 Å². The van der Waals surface area contributed by atoms with E-state index in [-0.39, 0.29) is 55.5 Å². The summed E-state index contributed by atoms with van der Waals surface area (Å²) >= 11 is 0. The van der Waals surface area contributed by atoms with Crippen molar-refractivity contribution in [1.29, 1.82) is 0 Å². The van der Waals surface area contributed by atoms with E-state index < -0.39 is 32.1 Å². The van der Waals surface area contributed by atoms with Gasteiger partial charge in [0.1, 0.15) is 44.7 Å². The summed E-state index contributed by atoms with van der Waals surface area (Å²) in [7, 11) is -8.54. The molecular formula is C50H51N9O10S2. The summed E-state index contributed by atoms with van der Waals surface area (Å²) in [5.74, 6) is -1.78. The van der Waals surface area contributed by atoms with Crippen LogP contribution in [-0.2, 0) is 33.3 Å². The molecule has 21 heteroatoms. The van der Waals surface area contributed by atoms with Crippen LogP contribution >= 0.6 is 0 Å². The fourth-order valence-corrected chi connectivity index (χ4v) is 7.27. The van der Waals surface area contributed by atoms with Crippen LogP contribution in [-0.4, -0.2) is 49.6 Å². The summed E-state index contributed by atoms with van der Waals surface area (Å²) in [6, 6.07) is 32.1. The van der Waals surface area contributed by atoms with Crippen LogP contribution in [0.4, 0.5) is 39.8 Å². The van der Waals surface area contributed by atoms with Crippen molar-refractivity contribution in [3.05, 3.63) is 186 Å². The van der Waals surface area contributed by atoms with E-state index in [1.54, 1.807) is 48.5 Å². The lowest BCUT2D eigenvalue weighted by atomic mass is 10.1. The van der Waals surface area contributed by atoms with Gasteiger partial charge in [-0.2, -0.15) is 0 Å². The van der Waals surface area contributed by atoms with Gasteiger partial charge in [0, 0.05) is 34.5 Å². The summed E-state index contributed by atoms with van der Waals surface area (Å²) in [5, 5.41) is 11.1. The summed E-state index contributed by atoms with van der Waals surface area (Å²) in [4.78, 5) is 51.3. The van der Waals surface area contributed by atoms with Crippen LogP contribution in [0.15, 0.2) is 162 Å². The molecule has 0 bridgehead atoms. The quantitative estimate of drug-likeness (QED) is 0.0429. The van der Waals surface area contributed by atoms with Crippen molar-refractivity contribution in [3.8, 4) is 0 Å².